The highest BCUT2D eigenvalue weighted by Gasteiger charge is 2.43. The third-order valence-corrected chi connectivity index (χ3v) is 3.90. The van der Waals surface area contributed by atoms with Gasteiger partial charge in [0.2, 0.25) is 11.8 Å². The van der Waals surface area contributed by atoms with E-state index in [0.717, 1.165) is 11.1 Å². The van der Waals surface area contributed by atoms with E-state index in [4.69, 9.17) is 5.11 Å². The molecule has 0 aromatic heterocycles. The van der Waals surface area contributed by atoms with E-state index in [1.54, 1.807) is 19.9 Å². The molecular formula is C17H19NO3. The largest absolute Gasteiger partial charge is 0.395 e. The molecule has 110 valence electrons. The van der Waals surface area contributed by atoms with E-state index in [9.17, 15) is 9.59 Å². The van der Waals surface area contributed by atoms with E-state index in [1.807, 2.05) is 19.1 Å². The number of carbonyl (C=O) groups is 2. The lowest BCUT2D eigenvalue weighted by Crippen LogP contribution is -2.30. The number of aliphatic hydroxyl groups is 1. The standard InChI is InChI=1S/C17H19NO3/c1-11-10-15(8-7-14(11)6-4-5-9-19)18-16(20)12(2)13(3)17(18)21/h7-8,10,12-13,19H,5,9H2,1-3H3. The summed E-state index contributed by atoms with van der Waals surface area (Å²) in [4.78, 5) is 25.6. The van der Waals surface area contributed by atoms with Gasteiger partial charge in [-0.1, -0.05) is 25.7 Å². The molecule has 1 aromatic carbocycles. The molecular weight excluding hydrogens is 266 g/mol. The Morgan fingerprint density at radius 2 is 1.81 bits per heavy atom. The predicted octanol–water partition coefficient (Wildman–Crippen LogP) is 1.87. The van der Waals surface area contributed by atoms with E-state index in [1.165, 1.54) is 4.90 Å². The molecule has 0 radical (unpaired) electrons. The summed E-state index contributed by atoms with van der Waals surface area (Å²) in [5.74, 6) is 4.99. The van der Waals surface area contributed by atoms with Crippen LogP contribution in [0.3, 0.4) is 0 Å². The second-order valence-electron chi connectivity index (χ2n) is 5.36. The zero-order chi connectivity index (χ0) is 15.6. The molecule has 1 aromatic rings. The molecule has 4 heteroatoms. The Morgan fingerprint density at radius 1 is 1.19 bits per heavy atom. The summed E-state index contributed by atoms with van der Waals surface area (Å²) in [5, 5.41) is 8.73. The molecule has 4 nitrogen and oxygen atoms in total. The van der Waals surface area contributed by atoms with E-state index >= 15 is 0 Å². The van der Waals surface area contributed by atoms with Crippen LogP contribution in [-0.4, -0.2) is 23.5 Å². The third kappa shape index (κ3) is 2.84. The van der Waals surface area contributed by atoms with Crippen LogP contribution < -0.4 is 4.90 Å². The predicted molar refractivity (Wildman–Crippen MR) is 80.6 cm³/mol. The molecule has 0 spiro atoms. The molecule has 21 heavy (non-hydrogen) atoms. The fourth-order valence-electron chi connectivity index (χ4n) is 2.34. The van der Waals surface area contributed by atoms with Gasteiger partial charge in [-0.25, -0.2) is 0 Å². The van der Waals surface area contributed by atoms with Gasteiger partial charge < -0.3 is 5.11 Å². The lowest BCUT2D eigenvalue weighted by atomic mass is 10.00. The van der Waals surface area contributed by atoms with Gasteiger partial charge in [0, 0.05) is 23.8 Å². The summed E-state index contributed by atoms with van der Waals surface area (Å²) < 4.78 is 0. The van der Waals surface area contributed by atoms with Gasteiger partial charge >= 0.3 is 0 Å². The Morgan fingerprint density at radius 3 is 2.33 bits per heavy atom. The van der Waals surface area contributed by atoms with Gasteiger partial charge in [-0.15, -0.1) is 0 Å². The van der Waals surface area contributed by atoms with Gasteiger partial charge in [-0.05, 0) is 30.7 Å². The number of nitrogens with zero attached hydrogens (tertiary/aromatic N) is 1. The number of hydrogen-bond acceptors (Lipinski definition) is 3. The molecule has 1 saturated heterocycles. The number of aliphatic hydroxyl groups excluding tert-OH is 1. The summed E-state index contributed by atoms with van der Waals surface area (Å²) in [6.45, 7) is 5.50. The molecule has 1 heterocycles. The lowest BCUT2D eigenvalue weighted by Gasteiger charge is -2.15. The van der Waals surface area contributed by atoms with Crippen molar-refractivity contribution in [3.63, 3.8) is 0 Å². The van der Waals surface area contributed by atoms with Gasteiger partial charge in [0.25, 0.3) is 0 Å². The average Bonchev–Trinajstić information content (AvgIpc) is 2.65. The number of benzene rings is 1. The van der Waals surface area contributed by atoms with Crippen molar-refractivity contribution in [1.29, 1.82) is 0 Å². The number of hydrogen-bond donors (Lipinski definition) is 1. The highest BCUT2D eigenvalue weighted by molar-refractivity contribution is 6.21. The van der Waals surface area contributed by atoms with Crippen LogP contribution in [0, 0.1) is 30.6 Å². The van der Waals surface area contributed by atoms with Crippen LogP contribution in [-0.2, 0) is 9.59 Å². The Bertz CT molecular complexity index is 619. The first kappa shape index (κ1) is 15.3. The van der Waals surface area contributed by atoms with Crippen molar-refractivity contribution < 1.29 is 14.7 Å². The number of imide groups is 1. The molecule has 1 N–H and O–H groups in total. The molecule has 2 atom stereocenters. The second kappa shape index (κ2) is 6.11. The summed E-state index contributed by atoms with van der Waals surface area (Å²) >= 11 is 0. The molecule has 1 fully saturated rings. The van der Waals surface area contributed by atoms with E-state index < -0.39 is 0 Å². The van der Waals surface area contributed by atoms with E-state index in [-0.39, 0.29) is 30.3 Å². The van der Waals surface area contributed by atoms with Crippen LogP contribution in [0.5, 0.6) is 0 Å². The number of rotatable bonds is 2. The van der Waals surface area contributed by atoms with Gasteiger partial charge in [0.05, 0.1) is 12.3 Å². The van der Waals surface area contributed by atoms with Crippen molar-refractivity contribution >= 4 is 17.5 Å². The molecule has 0 bridgehead atoms. The minimum absolute atomic E-state index is 0.0384. The van der Waals surface area contributed by atoms with Gasteiger partial charge in [0.1, 0.15) is 0 Å². The molecule has 2 amide bonds. The third-order valence-electron chi connectivity index (χ3n) is 3.90. The SMILES string of the molecule is Cc1cc(N2C(=O)C(C)C(C)C2=O)ccc1C#CCCO. The molecule has 1 aliphatic rings. The summed E-state index contributed by atoms with van der Waals surface area (Å²) in [5.41, 5.74) is 2.35. The smallest absolute Gasteiger partial charge is 0.237 e. The molecule has 0 saturated carbocycles. The van der Waals surface area contributed by atoms with Crippen LogP contribution >= 0.6 is 0 Å². The summed E-state index contributed by atoms with van der Waals surface area (Å²) in [6, 6.07) is 5.36. The monoisotopic (exact) mass is 285 g/mol. The van der Waals surface area contributed by atoms with Crippen molar-refractivity contribution in [1.82, 2.24) is 0 Å². The Hall–Kier alpha value is -2.12. The first-order valence-electron chi connectivity index (χ1n) is 7.05. The van der Waals surface area contributed by atoms with Crippen molar-refractivity contribution in [3.05, 3.63) is 29.3 Å². The van der Waals surface area contributed by atoms with Crippen LogP contribution in [0.4, 0.5) is 5.69 Å². The number of aryl methyl sites for hydroxylation is 1. The topological polar surface area (TPSA) is 57.6 Å². The van der Waals surface area contributed by atoms with Gasteiger partial charge in [-0.2, -0.15) is 0 Å². The zero-order valence-corrected chi connectivity index (χ0v) is 12.5. The highest BCUT2D eigenvalue weighted by Crippen LogP contribution is 2.31. The first-order valence-corrected chi connectivity index (χ1v) is 7.05. The van der Waals surface area contributed by atoms with E-state index in [0.29, 0.717) is 12.1 Å². The van der Waals surface area contributed by atoms with Crippen molar-refractivity contribution in [2.75, 3.05) is 11.5 Å². The van der Waals surface area contributed by atoms with Gasteiger partial charge in [-0.3, -0.25) is 14.5 Å². The normalized spacial score (nSPS) is 21.4. The molecule has 2 rings (SSSR count). The maximum absolute atomic E-state index is 12.2. The number of anilines is 1. The van der Waals surface area contributed by atoms with Crippen LogP contribution in [0.15, 0.2) is 18.2 Å². The van der Waals surface area contributed by atoms with Crippen LogP contribution in [0.25, 0.3) is 0 Å². The maximum Gasteiger partial charge on any atom is 0.237 e. The maximum atomic E-state index is 12.2. The minimum Gasteiger partial charge on any atom is -0.395 e. The van der Waals surface area contributed by atoms with Crippen LogP contribution in [0.2, 0.25) is 0 Å². The zero-order valence-electron chi connectivity index (χ0n) is 12.5. The quantitative estimate of drug-likeness (QED) is 0.666. The van der Waals surface area contributed by atoms with Crippen molar-refractivity contribution in [2.24, 2.45) is 11.8 Å². The fraction of sp³-hybridized carbons (Fsp3) is 0.412. The Kier molecular flexibility index (Phi) is 4.44. The average molecular weight is 285 g/mol. The molecule has 1 aliphatic heterocycles. The van der Waals surface area contributed by atoms with Gasteiger partial charge in [0.15, 0.2) is 0 Å². The number of amides is 2. The highest BCUT2D eigenvalue weighted by atomic mass is 16.2. The summed E-state index contributed by atoms with van der Waals surface area (Å²) in [6.07, 6.45) is 0.430. The Labute approximate surface area is 124 Å². The molecule has 2 unspecified atom stereocenters. The van der Waals surface area contributed by atoms with Crippen molar-refractivity contribution in [3.8, 4) is 11.8 Å². The van der Waals surface area contributed by atoms with Crippen molar-refractivity contribution in [2.45, 2.75) is 27.2 Å². The first-order chi connectivity index (χ1) is 9.97. The number of carbonyl (C=O) groups excluding carboxylic acids is 2. The minimum atomic E-state index is -0.276. The van der Waals surface area contributed by atoms with E-state index in [2.05, 4.69) is 11.8 Å². The lowest BCUT2D eigenvalue weighted by molar-refractivity contribution is -0.122. The molecule has 0 aliphatic carbocycles. The second-order valence-corrected chi connectivity index (χ2v) is 5.36. The van der Waals surface area contributed by atoms with Crippen LogP contribution in [0.1, 0.15) is 31.4 Å². The Balaban J connectivity index is 2.31. The fourth-order valence-corrected chi connectivity index (χ4v) is 2.34. The summed E-state index contributed by atoms with van der Waals surface area (Å²) in [7, 11) is 0.